The van der Waals surface area contributed by atoms with E-state index in [9.17, 15) is 19.2 Å². The summed E-state index contributed by atoms with van der Waals surface area (Å²) in [4.78, 5) is 47.4. The van der Waals surface area contributed by atoms with Crippen LogP contribution < -0.4 is 16.0 Å². The van der Waals surface area contributed by atoms with Gasteiger partial charge in [0.15, 0.2) is 11.0 Å². The first-order valence-electron chi connectivity index (χ1n) is 6.38. The average Bonchev–Trinajstić information content (AvgIpc) is 2.42. The molecule has 1 aromatic carbocycles. The number of carbonyl (C=O) groups excluding carboxylic acids is 4. The Balaban J connectivity index is 2.17. The molecule has 0 unspecified atom stereocenters. The van der Waals surface area contributed by atoms with E-state index >= 15 is 0 Å². The van der Waals surface area contributed by atoms with Crippen LogP contribution in [0.5, 0.6) is 0 Å². The third-order valence-corrected chi connectivity index (χ3v) is 3.54. The van der Waals surface area contributed by atoms with Gasteiger partial charge in [-0.3, -0.25) is 19.2 Å². The highest BCUT2D eigenvalue weighted by atomic mass is 32.1. The summed E-state index contributed by atoms with van der Waals surface area (Å²) in [6.45, 7) is 3.64. The maximum atomic E-state index is 12.0. The molecular formula is C14H13N3O4S. The summed E-state index contributed by atoms with van der Waals surface area (Å²) in [5.41, 5.74) is 2.18. The Morgan fingerprint density at radius 1 is 1.14 bits per heavy atom. The number of hydrogen-bond donors (Lipinski definition) is 3. The molecule has 22 heavy (non-hydrogen) atoms. The number of carbonyl (C=O) groups is 4. The molecule has 1 fully saturated rings. The largest absolute Gasteiger partial charge is 0.319 e. The van der Waals surface area contributed by atoms with Gasteiger partial charge < -0.3 is 16.0 Å². The first-order chi connectivity index (χ1) is 10.3. The molecule has 0 aromatic heterocycles. The maximum absolute atomic E-state index is 12.0. The lowest BCUT2D eigenvalue weighted by molar-refractivity contribution is -0.146. The summed E-state index contributed by atoms with van der Waals surface area (Å²) in [5, 5.41) is 6.51. The number of anilines is 1. The van der Waals surface area contributed by atoms with E-state index in [1.54, 1.807) is 19.1 Å². The van der Waals surface area contributed by atoms with Gasteiger partial charge in [-0.05, 0) is 43.3 Å². The standard InChI is InChI=1S/C14H13N3O4S/c1-6-4-3-5-8(7(6)2)15-13(21)10(18)9-11(19)16-14(22)17-12(9)20/h3-5,9H,1-2H3,(H,15,21)(H2,16,17,19,20,22). The van der Waals surface area contributed by atoms with E-state index in [0.29, 0.717) is 5.69 Å². The van der Waals surface area contributed by atoms with E-state index < -0.39 is 29.4 Å². The summed E-state index contributed by atoms with van der Waals surface area (Å²) >= 11 is 4.63. The van der Waals surface area contributed by atoms with Gasteiger partial charge in [0.2, 0.25) is 17.6 Å². The molecule has 1 aliphatic rings. The summed E-state index contributed by atoms with van der Waals surface area (Å²) in [5.74, 6) is -5.73. The van der Waals surface area contributed by atoms with Crippen LogP contribution >= 0.6 is 12.2 Å². The molecule has 1 saturated heterocycles. The van der Waals surface area contributed by atoms with Gasteiger partial charge in [-0.2, -0.15) is 0 Å². The van der Waals surface area contributed by atoms with E-state index in [0.717, 1.165) is 11.1 Å². The molecule has 1 heterocycles. The van der Waals surface area contributed by atoms with Crippen molar-refractivity contribution in [3.63, 3.8) is 0 Å². The predicted octanol–water partition coefficient (Wildman–Crippen LogP) is -0.0419. The average molecular weight is 319 g/mol. The van der Waals surface area contributed by atoms with Crippen molar-refractivity contribution in [2.75, 3.05) is 5.32 Å². The number of aryl methyl sites for hydroxylation is 1. The Morgan fingerprint density at radius 2 is 1.73 bits per heavy atom. The van der Waals surface area contributed by atoms with E-state index in [1.807, 2.05) is 13.0 Å². The van der Waals surface area contributed by atoms with Gasteiger partial charge in [0.1, 0.15) is 0 Å². The van der Waals surface area contributed by atoms with E-state index in [4.69, 9.17) is 0 Å². The van der Waals surface area contributed by atoms with Crippen molar-refractivity contribution >= 4 is 46.5 Å². The van der Waals surface area contributed by atoms with Crippen LogP contribution in [0.2, 0.25) is 0 Å². The highest BCUT2D eigenvalue weighted by molar-refractivity contribution is 7.80. The molecule has 0 atom stereocenters. The number of thiocarbonyl (C=S) groups is 1. The van der Waals surface area contributed by atoms with Crippen LogP contribution in [0.1, 0.15) is 11.1 Å². The van der Waals surface area contributed by atoms with Gasteiger partial charge in [0.05, 0.1) is 0 Å². The van der Waals surface area contributed by atoms with E-state index in [1.165, 1.54) is 0 Å². The van der Waals surface area contributed by atoms with Gasteiger partial charge in [-0.25, -0.2) is 0 Å². The van der Waals surface area contributed by atoms with Gasteiger partial charge in [-0.1, -0.05) is 12.1 Å². The van der Waals surface area contributed by atoms with Crippen LogP contribution in [0, 0.1) is 19.8 Å². The zero-order valence-electron chi connectivity index (χ0n) is 11.9. The molecule has 3 N–H and O–H groups in total. The number of amides is 3. The molecular weight excluding hydrogens is 306 g/mol. The molecule has 0 saturated carbocycles. The third kappa shape index (κ3) is 3.01. The predicted molar refractivity (Wildman–Crippen MR) is 81.9 cm³/mol. The lowest BCUT2D eigenvalue weighted by atomic mass is 9.99. The minimum Gasteiger partial charge on any atom is -0.319 e. The molecule has 8 heteroatoms. The molecule has 114 valence electrons. The van der Waals surface area contributed by atoms with Crippen molar-refractivity contribution in [1.82, 2.24) is 10.6 Å². The van der Waals surface area contributed by atoms with Gasteiger partial charge >= 0.3 is 0 Å². The number of hydrogen-bond acceptors (Lipinski definition) is 5. The summed E-state index contributed by atoms with van der Waals surface area (Å²) in [7, 11) is 0. The third-order valence-electron chi connectivity index (χ3n) is 3.34. The number of ketones is 1. The molecule has 1 aliphatic heterocycles. The molecule has 0 bridgehead atoms. The molecule has 0 radical (unpaired) electrons. The first-order valence-corrected chi connectivity index (χ1v) is 6.79. The number of nitrogens with one attached hydrogen (secondary N) is 3. The normalized spacial score (nSPS) is 15.1. The van der Waals surface area contributed by atoms with Gasteiger partial charge in [0, 0.05) is 5.69 Å². The summed E-state index contributed by atoms with van der Waals surface area (Å²) < 4.78 is 0. The Hall–Kier alpha value is -2.61. The Labute approximate surface area is 131 Å². The van der Waals surface area contributed by atoms with Gasteiger partial charge in [0.25, 0.3) is 5.91 Å². The van der Waals surface area contributed by atoms with Crippen LogP contribution in [0.4, 0.5) is 5.69 Å². The quantitative estimate of drug-likeness (QED) is 0.412. The highest BCUT2D eigenvalue weighted by Crippen LogP contribution is 2.18. The van der Waals surface area contributed by atoms with Crippen LogP contribution in [0.15, 0.2) is 18.2 Å². The Morgan fingerprint density at radius 3 is 2.32 bits per heavy atom. The van der Waals surface area contributed by atoms with Crippen LogP contribution in [0.3, 0.4) is 0 Å². The lowest BCUT2D eigenvalue weighted by Gasteiger charge is -2.21. The van der Waals surface area contributed by atoms with Crippen molar-refractivity contribution < 1.29 is 19.2 Å². The zero-order valence-corrected chi connectivity index (χ0v) is 12.7. The maximum Gasteiger partial charge on any atom is 0.293 e. The molecule has 0 aliphatic carbocycles. The fourth-order valence-corrected chi connectivity index (χ4v) is 2.16. The van der Waals surface area contributed by atoms with Gasteiger partial charge in [-0.15, -0.1) is 0 Å². The zero-order chi connectivity index (χ0) is 16.4. The van der Waals surface area contributed by atoms with Crippen molar-refractivity contribution in [3.8, 4) is 0 Å². The smallest absolute Gasteiger partial charge is 0.293 e. The van der Waals surface area contributed by atoms with Crippen molar-refractivity contribution in [2.45, 2.75) is 13.8 Å². The topological polar surface area (TPSA) is 104 Å². The van der Waals surface area contributed by atoms with Crippen molar-refractivity contribution in [2.24, 2.45) is 5.92 Å². The van der Waals surface area contributed by atoms with E-state index in [2.05, 4.69) is 28.2 Å². The second-order valence-corrected chi connectivity index (χ2v) is 5.21. The molecule has 2 rings (SSSR count). The second kappa shape index (κ2) is 6.02. The van der Waals surface area contributed by atoms with E-state index in [-0.39, 0.29) is 5.11 Å². The minimum absolute atomic E-state index is 0.186. The lowest BCUT2D eigenvalue weighted by Crippen LogP contribution is -2.59. The van der Waals surface area contributed by atoms with Crippen LogP contribution in [-0.4, -0.2) is 28.6 Å². The number of benzene rings is 1. The monoisotopic (exact) mass is 319 g/mol. The summed E-state index contributed by atoms with van der Waals surface area (Å²) in [6, 6.07) is 5.21. The fraction of sp³-hybridized carbons (Fsp3) is 0.214. The van der Waals surface area contributed by atoms with Crippen LogP contribution in [-0.2, 0) is 19.2 Å². The fourth-order valence-electron chi connectivity index (χ4n) is 1.96. The second-order valence-electron chi connectivity index (χ2n) is 4.81. The molecule has 7 nitrogen and oxygen atoms in total. The van der Waals surface area contributed by atoms with Crippen LogP contribution in [0.25, 0.3) is 0 Å². The van der Waals surface area contributed by atoms with Crippen molar-refractivity contribution in [1.29, 1.82) is 0 Å². The summed E-state index contributed by atoms with van der Waals surface area (Å²) in [6.07, 6.45) is 0. The highest BCUT2D eigenvalue weighted by Gasteiger charge is 2.41. The molecule has 0 spiro atoms. The Kier molecular flexibility index (Phi) is 4.32. The first kappa shape index (κ1) is 15.8. The Bertz CT molecular complexity index is 694. The number of rotatable bonds is 3. The minimum atomic E-state index is -1.74. The van der Waals surface area contributed by atoms with Crippen molar-refractivity contribution in [3.05, 3.63) is 29.3 Å². The molecule has 1 aromatic rings. The number of Topliss-reactive ketones (excluding diaryl/α,β-unsaturated/α-hetero) is 1. The molecule has 3 amide bonds. The SMILES string of the molecule is Cc1cccc(NC(=O)C(=O)C2C(=O)NC(=S)NC2=O)c1C.